The van der Waals surface area contributed by atoms with Crippen LogP contribution in [0.15, 0.2) is 54.9 Å². The smallest absolute Gasteiger partial charge is 0.223 e. The van der Waals surface area contributed by atoms with E-state index >= 15 is 0 Å². The van der Waals surface area contributed by atoms with Crippen LogP contribution in [0.4, 0.5) is 5.82 Å². The number of hydrogen-bond donors (Lipinski definition) is 4. The lowest BCUT2D eigenvalue weighted by molar-refractivity contribution is -0.127. The topological polar surface area (TPSA) is 136 Å². The van der Waals surface area contributed by atoms with Crippen molar-refractivity contribution in [1.82, 2.24) is 25.3 Å². The van der Waals surface area contributed by atoms with Gasteiger partial charge in [0.15, 0.2) is 0 Å². The zero-order valence-corrected chi connectivity index (χ0v) is 20.7. The van der Waals surface area contributed by atoms with Crippen molar-refractivity contribution in [2.45, 2.75) is 38.1 Å². The van der Waals surface area contributed by atoms with Gasteiger partial charge in [-0.2, -0.15) is 0 Å². The summed E-state index contributed by atoms with van der Waals surface area (Å²) >= 11 is 6.63. The highest BCUT2D eigenvalue weighted by Gasteiger charge is 2.29. The molecule has 5 rings (SSSR count). The molecule has 1 aliphatic rings. The van der Waals surface area contributed by atoms with E-state index in [1.165, 1.54) is 6.33 Å². The van der Waals surface area contributed by atoms with Gasteiger partial charge in [-0.3, -0.25) is 4.79 Å². The van der Waals surface area contributed by atoms with Crippen molar-refractivity contribution in [3.8, 4) is 11.3 Å². The van der Waals surface area contributed by atoms with Crippen molar-refractivity contribution in [2.24, 2.45) is 17.6 Å². The molecule has 2 aromatic heterocycles. The highest BCUT2D eigenvalue weighted by molar-refractivity contribution is 6.32. The summed E-state index contributed by atoms with van der Waals surface area (Å²) < 4.78 is 0. The number of amides is 1. The van der Waals surface area contributed by atoms with Crippen molar-refractivity contribution >= 4 is 34.2 Å². The van der Waals surface area contributed by atoms with Crippen molar-refractivity contribution in [3.63, 3.8) is 0 Å². The first-order valence-corrected chi connectivity index (χ1v) is 12.7. The Bertz CT molecular complexity index is 1350. The number of anilines is 1. The predicted molar refractivity (Wildman–Crippen MR) is 142 cm³/mol. The van der Waals surface area contributed by atoms with Gasteiger partial charge in [0.2, 0.25) is 5.91 Å². The Balaban J connectivity index is 1.42. The Kier molecular flexibility index (Phi) is 7.16. The second-order valence-electron chi connectivity index (χ2n) is 9.48. The first-order chi connectivity index (χ1) is 17.5. The van der Waals surface area contributed by atoms with Crippen LogP contribution in [0.5, 0.6) is 0 Å². The molecule has 0 radical (unpaired) electrons. The number of nitrogen functional groups attached to an aromatic ring is 1. The van der Waals surface area contributed by atoms with Crippen LogP contribution in [0, 0.1) is 11.8 Å². The number of carbonyl (C=O) groups excluding carboxylic acids is 1. The average molecular weight is 504 g/mol. The summed E-state index contributed by atoms with van der Waals surface area (Å²) in [6, 6.07) is 15.4. The number of aromatic nitrogens is 4. The second-order valence-corrected chi connectivity index (χ2v) is 9.86. The molecule has 1 saturated carbocycles. The van der Waals surface area contributed by atoms with Gasteiger partial charge < -0.3 is 21.8 Å². The summed E-state index contributed by atoms with van der Waals surface area (Å²) in [5.74, 6) is 1.60. The number of aromatic amines is 1. The SMILES string of the molecule is NC[C@H]1CC[C@H](C(=O)N[C@@H](Cc2ccccc2)c2nc(-c3ccc4c(N)ncnc4c3)c(Cl)[nH]2)CC1. The summed E-state index contributed by atoms with van der Waals surface area (Å²) in [5, 5.41) is 4.43. The number of benzene rings is 2. The number of halogens is 1. The molecule has 9 heteroatoms. The standard InChI is InChI=1S/C27H30ClN7O/c28-24-23(19-10-11-20-21(13-19)31-15-32-25(20)30)34-26(35-24)22(12-16-4-2-1-3-5-16)33-27(36)18-8-6-17(14-29)7-9-18/h1-5,10-11,13,15,17-18,22H,6-9,12,14,29H2,(H,33,36)(H,34,35)(H2,30,31,32)/t17-,18-,22-/m0/s1. The van der Waals surface area contributed by atoms with Gasteiger partial charge in [-0.1, -0.05) is 48.0 Å². The fraction of sp³-hybridized carbons (Fsp3) is 0.333. The van der Waals surface area contributed by atoms with Crippen LogP contribution in [-0.4, -0.2) is 32.4 Å². The predicted octanol–water partition coefficient (Wildman–Crippen LogP) is 4.42. The quantitative estimate of drug-likeness (QED) is 0.295. The van der Waals surface area contributed by atoms with E-state index in [9.17, 15) is 4.79 Å². The minimum absolute atomic E-state index is 0.0124. The van der Waals surface area contributed by atoms with E-state index in [0.717, 1.165) is 42.2 Å². The molecule has 2 heterocycles. The van der Waals surface area contributed by atoms with Crippen molar-refractivity contribution < 1.29 is 4.79 Å². The summed E-state index contributed by atoms with van der Waals surface area (Å²) in [5.41, 5.74) is 15.0. The normalized spacial score (nSPS) is 18.7. The van der Waals surface area contributed by atoms with Crippen molar-refractivity contribution in [2.75, 3.05) is 12.3 Å². The summed E-state index contributed by atoms with van der Waals surface area (Å²) in [7, 11) is 0. The molecule has 6 N–H and O–H groups in total. The van der Waals surface area contributed by atoms with E-state index in [0.29, 0.717) is 46.9 Å². The third kappa shape index (κ3) is 5.20. The van der Waals surface area contributed by atoms with Crippen LogP contribution in [0.3, 0.4) is 0 Å². The summed E-state index contributed by atoms with van der Waals surface area (Å²) in [6.07, 6.45) is 5.73. The number of rotatable bonds is 7. The molecule has 1 atom stereocenters. The van der Waals surface area contributed by atoms with Crippen LogP contribution in [0.2, 0.25) is 5.15 Å². The van der Waals surface area contributed by atoms with E-state index in [-0.39, 0.29) is 17.9 Å². The van der Waals surface area contributed by atoms with Crippen LogP contribution in [0.1, 0.15) is 43.1 Å². The fourth-order valence-electron chi connectivity index (χ4n) is 4.97. The Hall–Kier alpha value is -3.49. The van der Waals surface area contributed by atoms with E-state index in [4.69, 9.17) is 28.1 Å². The molecule has 1 fully saturated rings. The minimum Gasteiger partial charge on any atom is -0.383 e. The Morgan fingerprint density at radius 3 is 2.64 bits per heavy atom. The maximum absolute atomic E-state index is 13.3. The third-order valence-electron chi connectivity index (χ3n) is 7.10. The number of nitrogens with zero attached hydrogens (tertiary/aromatic N) is 3. The lowest BCUT2D eigenvalue weighted by atomic mass is 9.81. The molecular formula is C27H30ClN7O. The third-order valence-corrected chi connectivity index (χ3v) is 7.37. The van der Waals surface area contributed by atoms with Gasteiger partial charge in [0.1, 0.15) is 28.8 Å². The van der Waals surface area contributed by atoms with Gasteiger partial charge in [-0.25, -0.2) is 15.0 Å². The number of fused-ring (bicyclic) bond motifs is 1. The molecule has 1 amide bonds. The van der Waals surface area contributed by atoms with Gasteiger partial charge >= 0.3 is 0 Å². The molecule has 0 bridgehead atoms. The molecule has 0 aliphatic heterocycles. The zero-order valence-electron chi connectivity index (χ0n) is 20.0. The number of carbonyl (C=O) groups is 1. The average Bonchev–Trinajstić information content (AvgIpc) is 3.30. The molecule has 36 heavy (non-hydrogen) atoms. The zero-order chi connectivity index (χ0) is 25.1. The van der Waals surface area contributed by atoms with Gasteiger partial charge in [-0.05, 0) is 62.3 Å². The van der Waals surface area contributed by atoms with Crippen LogP contribution in [-0.2, 0) is 11.2 Å². The van der Waals surface area contributed by atoms with Gasteiger partial charge in [0.05, 0.1) is 11.6 Å². The number of H-pyrrole nitrogens is 1. The van der Waals surface area contributed by atoms with E-state index in [1.807, 2.05) is 48.5 Å². The summed E-state index contributed by atoms with van der Waals surface area (Å²) in [6.45, 7) is 0.687. The first kappa shape index (κ1) is 24.2. The van der Waals surface area contributed by atoms with Crippen molar-refractivity contribution in [3.05, 3.63) is 71.4 Å². The largest absolute Gasteiger partial charge is 0.383 e. The number of hydrogen-bond acceptors (Lipinski definition) is 6. The highest BCUT2D eigenvalue weighted by atomic mass is 35.5. The molecule has 0 unspecified atom stereocenters. The monoisotopic (exact) mass is 503 g/mol. The Labute approximate surface area is 214 Å². The maximum atomic E-state index is 13.3. The lowest BCUT2D eigenvalue weighted by Crippen LogP contribution is -2.37. The van der Waals surface area contributed by atoms with Crippen molar-refractivity contribution in [1.29, 1.82) is 0 Å². The molecular weight excluding hydrogens is 474 g/mol. The molecule has 0 spiro atoms. The van der Waals surface area contributed by atoms with Crippen LogP contribution >= 0.6 is 11.6 Å². The lowest BCUT2D eigenvalue weighted by Gasteiger charge is -2.28. The van der Waals surface area contributed by atoms with Crippen LogP contribution in [0.25, 0.3) is 22.2 Å². The molecule has 2 aromatic carbocycles. The number of imidazole rings is 1. The van der Waals surface area contributed by atoms with Gasteiger partial charge in [0.25, 0.3) is 0 Å². The van der Waals surface area contributed by atoms with E-state index in [2.05, 4.69) is 20.3 Å². The molecule has 186 valence electrons. The van der Waals surface area contributed by atoms with Gasteiger partial charge in [0, 0.05) is 16.9 Å². The molecule has 0 saturated heterocycles. The molecule has 1 aliphatic carbocycles. The van der Waals surface area contributed by atoms with Gasteiger partial charge in [-0.15, -0.1) is 0 Å². The Morgan fingerprint density at radius 2 is 1.89 bits per heavy atom. The van der Waals surface area contributed by atoms with E-state index < -0.39 is 0 Å². The second kappa shape index (κ2) is 10.6. The number of nitrogens with one attached hydrogen (secondary N) is 2. The molecule has 8 nitrogen and oxygen atoms in total. The fourth-order valence-corrected chi connectivity index (χ4v) is 5.21. The minimum atomic E-state index is -0.350. The Morgan fingerprint density at radius 1 is 1.11 bits per heavy atom. The first-order valence-electron chi connectivity index (χ1n) is 12.3. The van der Waals surface area contributed by atoms with Crippen LogP contribution < -0.4 is 16.8 Å². The maximum Gasteiger partial charge on any atom is 0.223 e. The summed E-state index contributed by atoms with van der Waals surface area (Å²) in [4.78, 5) is 29.7. The van der Waals surface area contributed by atoms with E-state index in [1.54, 1.807) is 0 Å². The number of nitrogens with two attached hydrogens (primary N) is 2. The molecule has 4 aromatic rings. The highest BCUT2D eigenvalue weighted by Crippen LogP contribution is 2.32.